The molecular formula is C15H11N3O3. The average molecular weight is 281 g/mol. The number of non-ortho nitro benzene ring substituents is 1. The second kappa shape index (κ2) is 4.82. The van der Waals surface area contributed by atoms with Crippen LogP contribution < -0.4 is 0 Å². The molecule has 0 aliphatic heterocycles. The Morgan fingerprint density at radius 3 is 2.43 bits per heavy atom. The molecule has 1 aromatic heterocycles. The first kappa shape index (κ1) is 13.0. The maximum atomic E-state index is 11.9. The molecule has 0 atom stereocenters. The number of fused-ring (bicyclic) bond motifs is 1. The molecule has 0 N–H and O–H groups in total. The Morgan fingerprint density at radius 2 is 1.81 bits per heavy atom. The van der Waals surface area contributed by atoms with Gasteiger partial charge in [0.15, 0.2) is 0 Å². The number of nitro benzene ring substituents is 1. The van der Waals surface area contributed by atoms with Crippen molar-refractivity contribution in [3.8, 4) is 11.4 Å². The number of carbonyl (C=O) groups is 1. The second-order valence-corrected chi connectivity index (χ2v) is 4.58. The average Bonchev–Trinajstić information content (AvgIpc) is 2.86. The number of nitrogens with zero attached hydrogens (tertiary/aromatic N) is 3. The fourth-order valence-electron chi connectivity index (χ4n) is 2.27. The zero-order chi connectivity index (χ0) is 15.0. The predicted molar refractivity (Wildman–Crippen MR) is 78.1 cm³/mol. The van der Waals surface area contributed by atoms with Crippen LogP contribution in [0, 0.1) is 10.1 Å². The van der Waals surface area contributed by atoms with Crippen LogP contribution in [0.5, 0.6) is 0 Å². The van der Waals surface area contributed by atoms with Gasteiger partial charge in [-0.1, -0.05) is 12.1 Å². The zero-order valence-corrected chi connectivity index (χ0v) is 11.2. The van der Waals surface area contributed by atoms with Gasteiger partial charge in [-0.25, -0.2) is 4.98 Å². The normalized spacial score (nSPS) is 10.7. The highest BCUT2D eigenvalue weighted by atomic mass is 16.6. The van der Waals surface area contributed by atoms with Crippen LogP contribution in [0.4, 0.5) is 5.69 Å². The van der Waals surface area contributed by atoms with E-state index in [-0.39, 0.29) is 11.6 Å². The van der Waals surface area contributed by atoms with Gasteiger partial charge in [0.05, 0.1) is 16.0 Å². The first-order valence-electron chi connectivity index (χ1n) is 6.31. The summed E-state index contributed by atoms with van der Waals surface area (Å²) in [6.45, 7) is 1.46. The maximum Gasteiger partial charge on any atom is 0.269 e. The van der Waals surface area contributed by atoms with Crippen LogP contribution in [0.2, 0.25) is 0 Å². The summed E-state index contributed by atoms with van der Waals surface area (Å²) in [5.74, 6) is 0.329. The molecular weight excluding hydrogens is 270 g/mol. The van der Waals surface area contributed by atoms with Gasteiger partial charge >= 0.3 is 0 Å². The summed E-state index contributed by atoms with van der Waals surface area (Å²) in [7, 11) is 0. The van der Waals surface area contributed by atoms with E-state index in [9.17, 15) is 14.9 Å². The summed E-state index contributed by atoms with van der Waals surface area (Å²) >= 11 is 0. The molecule has 0 saturated heterocycles. The molecule has 6 heteroatoms. The number of para-hydroxylation sites is 2. The molecule has 104 valence electrons. The topological polar surface area (TPSA) is 78.0 Å². The predicted octanol–water partition coefficient (Wildman–Crippen LogP) is 3.27. The third kappa shape index (κ3) is 2.16. The minimum Gasteiger partial charge on any atom is -0.274 e. The van der Waals surface area contributed by atoms with Gasteiger partial charge in [-0.2, -0.15) is 0 Å². The Kier molecular flexibility index (Phi) is 2.98. The molecule has 0 fully saturated rings. The summed E-state index contributed by atoms with van der Waals surface area (Å²) in [6, 6.07) is 13.3. The molecule has 2 aromatic carbocycles. The lowest BCUT2D eigenvalue weighted by Gasteiger charge is -2.04. The van der Waals surface area contributed by atoms with E-state index < -0.39 is 4.92 Å². The number of aromatic nitrogens is 2. The van der Waals surface area contributed by atoms with E-state index >= 15 is 0 Å². The standard InChI is InChI=1S/C15H11N3O3/c1-10(19)17-14-5-3-2-4-13(14)16-15(17)11-6-8-12(9-7-11)18(20)21/h2-9H,1H3. The molecule has 21 heavy (non-hydrogen) atoms. The van der Waals surface area contributed by atoms with Crippen molar-refractivity contribution >= 4 is 22.6 Å². The molecule has 0 aliphatic rings. The lowest BCUT2D eigenvalue weighted by atomic mass is 10.2. The largest absolute Gasteiger partial charge is 0.274 e. The van der Waals surface area contributed by atoms with Gasteiger partial charge < -0.3 is 0 Å². The highest BCUT2D eigenvalue weighted by Gasteiger charge is 2.16. The van der Waals surface area contributed by atoms with Crippen molar-refractivity contribution < 1.29 is 9.72 Å². The molecule has 0 amide bonds. The number of carbonyl (C=O) groups excluding carboxylic acids is 1. The van der Waals surface area contributed by atoms with Crippen LogP contribution >= 0.6 is 0 Å². The maximum absolute atomic E-state index is 11.9. The minimum atomic E-state index is -0.461. The Hall–Kier alpha value is -3.02. The summed E-state index contributed by atoms with van der Waals surface area (Å²) in [5.41, 5.74) is 2.09. The van der Waals surface area contributed by atoms with Crippen LogP contribution in [0.25, 0.3) is 22.4 Å². The van der Waals surface area contributed by atoms with Gasteiger partial charge in [-0.3, -0.25) is 19.5 Å². The molecule has 0 bridgehead atoms. The fourth-order valence-corrected chi connectivity index (χ4v) is 2.27. The van der Waals surface area contributed by atoms with Crippen molar-refractivity contribution in [1.82, 2.24) is 9.55 Å². The number of imidazole rings is 1. The summed E-state index contributed by atoms with van der Waals surface area (Å²) < 4.78 is 1.51. The van der Waals surface area contributed by atoms with E-state index in [1.807, 2.05) is 24.3 Å². The van der Waals surface area contributed by atoms with Crippen LogP contribution in [0.1, 0.15) is 11.7 Å². The second-order valence-electron chi connectivity index (χ2n) is 4.58. The summed E-state index contributed by atoms with van der Waals surface area (Å²) in [4.78, 5) is 26.6. The highest BCUT2D eigenvalue weighted by Crippen LogP contribution is 2.26. The van der Waals surface area contributed by atoms with Crippen molar-refractivity contribution in [3.05, 3.63) is 58.6 Å². The molecule has 3 rings (SSSR count). The lowest BCUT2D eigenvalue weighted by Crippen LogP contribution is -2.07. The highest BCUT2D eigenvalue weighted by molar-refractivity contribution is 5.93. The molecule has 0 aliphatic carbocycles. The van der Waals surface area contributed by atoms with E-state index in [1.54, 1.807) is 12.1 Å². The van der Waals surface area contributed by atoms with Gasteiger partial charge in [0.1, 0.15) is 5.82 Å². The molecule has 0 radical (unpaired) electrons. The number of hydrogen-bond acceptors (Lipinski definition) is 4. The number of benzene rings is 2. The quantitative estimate of drug-likeness (QED) is 0.533. The van der Waals surface area contributed by atoms with E-state index in [4.69, 9.17) is 0 Å². The molecule has 0 unspecified atom stereocenters. The smallest absolute Gasteiger partial charge is 0.269 e. The Labute approximate surface area is 119 Å². The third-order valence-corrected chi connectivity index (χ3v) is 3.21. The molecule has 3 aromatic rings. The van der Waals surface area contributed by atoms with E-state index in [1.165, 1.54) is 23.6 Å². The van der Waals surface area contributed by atoms with Crippen molar-refractivity contribution in [1.29, 1.82) is 0 Å². The van der Waals surface area contributed by atoms with Crippen molar-refractivity contribution in [3.63, 3.8) is 0 Å². The lowest BCUT2D eigenvalue weighted by molar-refractivity contribution is -0.384. The van der Waals surface area contributed by atoms with E-state index in [0.29, 0.717) is 16.9 Å². The van der Waals surface area contributed by atoms with Crippen LogP contribution in [0.15, 0.2) is 48.5 Å². The minimum absolute atomic E-state index is 0.00392. The van der Waals surface area contributed by atoms with Crippen molar-refractivity contribution in [2.45, 2.75) is 6.92 Å². The van der Waals surface area contributed by atoms with Crippen molar-refractivity contribution in [2.75, 3.05) is 0 Å². The fraction of sp³-hybridized carbons (Fsp3) is 0.0667. The van der Waals surface area contributed by atoms with Gasteiger partial charge in [-0.05, 0) is 24.3 Å². The monoisotopic (exact) mass is 281 g/mol. The van der Waals surface area contributed by atoms with Gasteiger partial charge in [0.25, 0.3) is 5.69 Å². The third-order valence-electron chi connectivity index (χ3n) is 3.21. The molecule has 0 saturated carbocycles. The van der Waals surface area contributed by atoms with Gasteiger partial charge in [0, 0.05) is 24.6 Å². The molecule has 1 heterocycles. The first-order chi connectivity index (χ1) is 10.1. The summed E-state index contributed by atoms with van der Waals surface area (Å²) in [6.07, 6.45) is 0. The Balaban J connectivity index is 2.22. The van der Waals surface area contributed by atoms with E-state index in [2.05, 4.69) is 4.98 Å². The number of nitro groups is 1. The molecule has 0 spiro atoms. The van der Waals surface area contributed by atoms with E-state index in [0.717, 1.165) is 5.52 Å². The number of rotatable bonds is 2. The first-order valence-corrected chi connectivity index (χ1v) is 6.31. The Morgan fingerprint density at radius 1 is 1.14 bits per heavy atom. The van der Waals surface area contributed by atoms with Crippen LogP contribution in [-0.2, 0) is 0 Å². The Bertz CT molecular complexity index is 850. The zero-order valence-electron chi connectivity index (χ0n) is 11.2. The molecule has 6 nitrogen and oxygen atoms in total. The SMILES string of the molecule is CC(=O)n1c(-c2ccc([N+](=O)[O-])cc2)nc2ccccc21. The van der Waals surface area contributed by atoms with Gasteiger partial charge in [-0.15, -0.1) is 0 Å². The van der Waals surface area contributed by atoms with Gasteiger partial charge in [0.2, 0.25) is 5.91 Å². The van der Waals surface area contributed by atoms with Crippen LogP contribution in [-0.4, -0.2) is 20.4 Å². The summed E-state index contributed by atoms with van der Waals surface area (Å²) in [5, 5.41) is 10.7. The number of hydrogen-bond donors (Lipinski definition) is 0. The van der Waals surface area contributed by atoms with Crippen LogP contribution in [0.3, 0.4) is 0 Å². The van der Waals surface area contributed by atoms with Crippen molar-refractivity contribution in [2.24, 2.45) is 0 Å².